The van der Waals surface area contributed by atoms with Crippen LogP contribution in [0.3, 0.4) is 0 Å². The summed E-state index contributed by atoms with van der Waals surface area (Å²) in [5.74, 6) is -0.144. The number of halogens is 1. The Morgan fingerprint density at radius 3 is 2.35 bits per heavy atom. The molecular formula is C21H25FN2O2. The van der Waals surface area contributed by atoms with Crippen molar-refractivity contribution >= 4 is 11.7 Å². The standard InChI is InChI=1S/C21H25FN2O2/c1-15-19(16(2)25)14-20(17-6-8-18(22)9-7-17)24(15)13-10-21(26)23-11-4-3-5-12-23/h6-9,14H,3-5,10-13H2,1-2H3. The van der Waals surface area contributed by atoms with Crippen LogP contribution in [0.25, 0.3) is 11.3 Å². The van der Waals surface area contributed by atoms with Gasteiger partial charge in [0.25, 0.3) is 0 Å². The molecule has 0 radical (unpaired) electrons. The van der Waals surface area contributed by atoms with Crippen LogP contribution in [0.4, 0.5) is 4.39 Å². The van der Waals surface area contributed by atoms with Crippen molar-refractivity contribution in [2.45, 2.75) is 46.1 Å². The molecule has 0 N–H and O–H groups in total. The number of rotatable bonds is 5. The number of ketones is 1. The van der Waals surface area contributed by atoms with Gasteiger partial charge in [0.15, 0.2) is 5.78 Å². The largest absolute Gasteiger partial charge is 0.344 e. The molecule has 0 spiro atoms. The molecular weight excluding hydrogens is 331 g/mol. The highest BCUT2D eigenvalue weighted by Crippen LogP contribution is 2.27. The molecule has 1 saturated heterocycles. The Morgan fingerprint density at radius 1 is 1.08 bits per heavy atom. The van der Waals surface area contributed by atoms with E-state index in [1.165, 1.54) is 18.6 Å². The Balaban J connectivity index is 1.85. The zero-order chi connectivity index (χ0) is 18.7. The molecule has 1 aliphatic heterocycles. The lowest BCUT2D eigenvalue weighted by molar-refractivity contribution is -0.132. The number of carbonyl (C=O) groups excluding carboxylic acids is 2. The van der Waals surface area contributed by atoms with E-state index < -0.39 is 0 Å². The van der Waals surface area contributed by atoms with Gasteiger partial charge in [0.1, 0.15) is 5.82 Å². The zero-order valence-corrected chi connectivity index (χ0v) is 15.4. The molecule has 0 bridgehead atoms. The van der Waals surface area contributed by atoms with Gasteiger partial charge in [0.05, 0.1) is 0 Å². The maximum absolute atomic E-state index is 13.3. The first-order valence-electron chi connectivity index (χ1n) is 9.22. The molecule has 1 aromatic heterocycles. The second-order valence-corrected chi connectivity index (χ2v) is 6.93. The summed E-state index contributed by atoms with van der Waals surface area (Å²) >= 11 is 0. The molecule has 1 aliphatic rings. The van der Waals surface area contributed by atoms with Crippen LogP contribution in [0.2, 0.25) is 0 Å². The van der Waals surface area contributed by atoms with Crippen molar-refractivity contribution < 1.29 is 14.0 Å². The van der Waals surface area contributed by atoms with Crippen molar-refractivity contribution in [2.24, 2.45) is 0 Å². The average molecular weight is 356 g/mol. The summed E-state index contributed by atoms with van der Waals surface area (Å²) in [4.78, 5) is 26.4. The predicted octanol–water partition coefficient (Wildman–Crippen LogP) is 4.21. The Bertz CT molecular complexity index is 802. The lowest BCUT2D eigenvalue weighted by Crippen LogP contribution is -2.36. The fraction of sp³-hybridized carbons (Fsp3) is 0.429. The summed E-state index contributed by atoms with van der Waals surface area (Å²) in [6.07, 6.45) is 3.74. The summed E-state index contributed by atoms with van der Waals surface area (Å²) in [7, 11) is 0. The van der Waals surface area contributed by atoms with Crippen molar-refractivity contribution in [1.29, 1.82) is 0 Å². The van der Waals surface area contributed by atoms with Gasteiger partial charge in [0, 0.05) is 43.0 Å². The van der Waals surface area contributed by atoms with Gasteiger partial charge in [-0.05, 0) is 69.0 Å². The molecule has 3 rings (SSSR count). The summed E-state index contributed by atoms with van der Waals surface area (Å²) in [6, 6.07) is 8.08. The number of piperidine rings is 1. The minimum Gasteiger partial charge on any atom is -0.344 e. The minimum absolute atomic E-state index is 0.00744. The number of hydrogen-bond acceptors (Lipinski definition) is 2. The van der Waals surface area contributed by atoms with E-state index >= 15 is 0 Å². The van der Waals surface area contributed by atoms with E-state index in [4.69, 9.17) is 0 Å². The number of hydrogen-bond donors (Lipinski definition) is 0. The molecule has 2 aromatic rings. The van der Waals surface area contributed by atoms with Gasteiger partial charge in [0.2, 0.25) is 5.91 Å². The lowest BCUT2D eigenvalue weighted by atomic mass is 10.1. The first-order chi connectivity index (χ1) is 12.5. The average Bonchev–Trinajstić information content (AvgIpc) is 2.98. The molecule has 0 aliphatic carbocycles. The fourth-order valence-electron chi connectivity index (χ4n) is 3.66. The van der Waals surface area contributed by atoms with Gasteiger partial charge in [-0.25, -0.2) is 4.39 Å². The van der Waals surface area contributed by atoms with E-state index in [-0.39, 0.29) is 17.5 Å². The Hall–Kier alpha value is -2.43. The molecule has 0 atom stereocenters. The maximum atomic E-state index is 13.3. The summed E-state index contributed by atoms with van der Waals surface area (Å²) in [6.45, 7) is 5.64. The normalized spacial score (nSPS) is 14.5. The second kappa shape index (κ2) is 7.85. The molecule has 0 unspecified atom stereocenters. The van der Waals surface area contributed by atoms with Crippen molar-refractivity contribution in [2.75, 3.05) is 13.1 Å². The van der Waals surface area contributed by atoms with Crippen LogP contribution in [0.1, 0.15) is 48.7 Å². The van der Waals surface area contributed by atoms with Crippen LogP contribution < -0.4 is 0 Å². The third-order valence-electron chi connectivity index (χ3n) is 5.14. The quantitative estimate of drug-likeness (QED) is 0.753. The number of aromatic nitrogens is 1. The van der Waals surface area contributed by atoms with Crippen LogP contribution in [0, 0.1) is 12.7 Å². The van der Waals surface area contributed by atoms with Crippen LogP contribution in [-0.2, 0) is 11.3 Å². The molecule has 2 heterocycles. The molecule has 138 valence electrons. The molecule has 1 fully saturated rings. The number of benzene rings is 1. The lowest BCUT2D eigenvalue weighted by Gasteiger charge is -2.27. The number of likely N-dealkylation sites (tertiary alicyclic amines) is 1. The van der Waals surface area contributed by atoms with Gasteiger partial charge in [-0.3, -0.25) is 9.59 Å². The van der Waals surface area contributed by atoms with Crippen molar-refractivity contribution in [3.63, 3.8) is 0 Å². The number of nitrogens with zero attached hydrogens (tertiary/aromatic N) is 2. The van der Waals surface area contributed by atoms with Crippen molar-refractivity contribution in [3.05, 3.63) is 47.4 Å². The van der Waals surface area contributed by atoms with Gasteiger partial charge < -0.3 is 9.47 Å². The van der Waals surface area contributed by atoms with E-state index in [1.807, 2.05) is 22.5 Å². The number of amides is 1. The van der Waals surface area contributed by atoms with Crippen LogP contribution in [0.15, 0.2) is 30.3 Å². The summed E-state index contributed by atoms with van der Waals surface area (Å²) in [5.41, 5.74) is 3.18. The fourth-order valence-corrected chi connectivity index (χ4v) is 3.66. The van der Waals surface area contributed by atoms with E-state index in [9.17, 15) is 14.0 Å². The van der Waals surface area contributed by atoms with Gasteiger partial charge in [-0.2, -0.15) is 0 Å². The van der Waals surface area contributed by atoms with Crippen molar-refractivity contribution in [1.82, 2.24) is 9.47 Å². The zero-order valence-electron chi connectivity index (χ0n) is 15.4. The first-order valence-corrected chi connectivity index (χ1v) is 9.22. The minimum atomic E-state index is -0.296. The first kappa shape index (κ1) is 18.4. The van der Waals surface area contributed by atoms with Crippen LogP contribution >= 0.6 is 0 Å². The predicted molar refractivity (Wildman–Crippen MR) is 99.6 cm³/mol. The Kier molecular flexibility index (Phi) is 5.55. The third-order valence-corrected chi connectivity index (χ3v) is 5.14. The van der Waals surface area contributed by atoms with E-state index in [0.29, 0.717) is 18.5 Å². The summed E-state index contributed by atoms with van der Waals surface area (Å²) < 4.78 is 15.3. The van der Waals surface area contributed by atoms with Crippen LogP contribution in [0.5, 0.6) is 0 Å². The van der Waals surface area contributed by atoms with Gasteiger partial charge in [-0.15, -0.1) is 0 Å². The molecule has 26 heavy (non-hydrogen) atoms. The smallest absolute Gasteiger partial charge is 0.224 e. The van der Waals surface area contributed by atoms with E-state index in [2.05, 4.69) is 0 Å². The highest BCUT2D eigenvalue weighted by atomic mass is 19.1. The highest BCUT2D eigenvalue weighted by Gasteiger charge is 2.20. The highest BCUT2D eigenvalue weighted by molar-refractivity contribution is 5.96. The molecule has 1 amide bonds. The molecule has 5 heteroatoms. The molecule has 0 saturated carbocycles. The third kappa shape index (κ3) is 3.87. The van der Waals surface area contributed by atoms with E-state index in [0.717, 1.165) is 42.9 Å². The topological polar surface area (TPSA) is 42.3 Å². The maximum Gasteiger partial charge on any atom is 0.224 e. The monoisotopic (exact) mass is 356 g/mol. The number of Topliss-reactive ketones (excluding diaryl/α,β-unsaturated/α-hetero) is 1. The Labute approximate surface area is 153 Å². The Morgan fingerprint density at radius 2 is 1.73 bits per heavy atom. The van der Waals surface area contributed by atoms with Crippen LogP contribution in [-0.4, -0.2) is 34.2 Å². The molecule has 1 aromatic carbocycles. The summed E-state index contributed by atoms with van der Waals surface area (Å²) in [5, 5.41) is 0. The molecule has 4 nitrogen and oxygen atoms in total. The van der Waals surface area contributed by atoms with Gasteiger partial charge in [-0.1, -0.05) is 0 Å². The van der Waals surface area contributed by atoms with Gasteiger partial charge >= 0.3 is 0 Å². The van der Waals surface area contributed by atoms with Crippen molar-refractivity contribution in [3.8, 4) is 11.3 Å². The number of carbonyl (C=O) groups is 2. The van der Waals surface area contributed by atoms with E-state index in [1.54, 1.807) is 19.1 Å². The SMILES string of the molecule is CC(=O)c1cc(-c2ccc(F)cc2)n(CCC(=O)N2CCCCC2)c1C. The second-order valence-electron chi connectivity index (χ2n) is 6.93.